The van der Waals surface area contributed by atoms with E-state index in [1.54, 1.807) is 37.4 Å². The Bertz CT molecular complexity index is 528. The molecule has 2 rings (SSSR count). The van der Waals surface area contributed by atoms with Gasteiger partial charge < -0.3 is 15.7 Å². The molecular formula is C13H15N3O3. The lowest BCUT2D eigenvalue weighted by atomic mass is 10.1. The van der Waals surface area contributed by atoms with E-state index in [0.717, 1.165) is 5.69 Å². The monoisotopic (exact) mass is 261 g/mol. The minimum Gasteiger partial charge on any atom is -0.481 e. The van der Waals surface area contributed by atoms with Crippen LogP contribution in [0.3, 0.4) is 0 Å². The van der Waals surface area contributed by atoms with Gasteiger partial charge in [0.15, 0.2) is 0 Å². The summed E-state index contributed by atoms with van der Waals surface area (Å²) in [5, 5.41) is 14.2. The molecule has 1 aliphatic carbocycles. The average Bonchev–Trinajstić information content (AvgIpc) is 2.80. The standard InChI is InChI=1S/C13H15N3O3/c1-8-11(3-2-6-14-8)16-13(19)15-10-5-4-9(7-10)12(17)18/h2-6,9-10H,7H2,1H3,(H,17,18)(H2,15,16,19). The number of carbonyl (C=O) groups excluding carboxylic acids is 1. The number of rotatable bonds is 3. The molecule has 1 aliphatic rings. The second-order valence-corrected chi connectivity index (χ2v) is 4.41. The molecule has 2 unspecified atom stereocenters. The van der Waals surface area contributed by atoms with E-state index >= 15 is 0 Å². The van der Waals surface area contributed by atoms with Gasteiger partial charge in [-0.05, 0) is 25.5 Å². The zero-order valence-corrected chi connectivity index (χ0v) is 10.5. The van der Waals surface area contributed by atoms with Crippen molar-refractivity contribution < 1.29 is 14.7 Å². The van der Waals surface area contributed by atoms with Crippen molar-refractivity contribution in [2.45, 2.75) is 19.4 Å². The Morgan fingerprint density at radius 2 is 2.21 bits per heavy atom. The molecule has 6 heteroatoms. The van der Waals surface area contributed by atoms with E-state index in [9.17, 15) is 9.59 Å². The molecule has 0 spiro atoms. The van der Waals surface area contributed by atoms with Crippen LogP contribution in [-0.2, 0) is 4.79 Å². The number of aryl methyl sites for hydroxylation is 1. The van der Waals surface area contributed by atoms with Crippen molar-refractivity contribution in [2.24, 2.45) is 5.92 Å². The van der Waals surface area contributed by atoms with Crippen LogP contribution < -0.4 is 10.6 Å². The van der Waals surface area contributed by atoms with Gasteiger partial charge in [-0.1, -0.05) is 12.2 Å². The van der Waals surface area contributed by atoms with Gasteiger partial charge in [0, 0.05) is 6.20 Å². The second kappa shape index (κ2) is 5.51. The number of anilines is 1. The van der Waals surface area contributed by atoms with Gasteiger partial charge in [-0.3, -0.25) is 9.78 Å². The molecule has 2 amide bonds. The third-order valence-electron chi connectivity index (χ3n) is 2.97. The van der Waals surface area contributed by atoms with Crippen LogP contribution in [0, 0.1) is 12.8 Å². The van der Waals surface area contributed by atoms with Gasteiger partial charge in [0.05, 0.1) is 23.3 Å². The molecule has 0 saturated heterocycles. The SMILES string of the molecule is Cc1ncccc1NC(=O)NC1C=CC(C(=O)O)C1. The molecule has 1 heterocycles. The van der Waals surface area contributed by atoms with Crippen LogP contribution in [0.5, 0.6) is 0 Å². The summed E-state index contributed by atoms with van der Waals surface area (Å²) < 4.78 is 0. The van der Waals surface area contributed by atoms with Crippen molar-refractivity contribution in [2.75, 3.05) is 5.32 Å². The first-order valence-corrected chi connectivity index (χ1v) is 5.96. The van der Waals surface area contributed by atoms with E-state index in [-0.39, 0.29) is 12.1 Å². The van der Waals surface area contributed by atoms with Gasteiger partial charge in [-0.15, -0.1) is 0 Å². The summed E-state index contributed by atoms with van der Waals surface area (Å²) in [6.45, 7) is 1.80. The highest BCUT2D eigenvalue weighted by Gasteiger charge is 2.25. The molecule has 0 fully saturated rings. The summed E-state index contributed by atoms with van der Waals surface area (Å²) in [5.41, 5.74) is 1.36. The first kappa shape index (κ1) is 13.1. The zero-order valence-electron chi connectivity index (χ0n) is 10.5. The van der Waals surface area contributed by atoms with E-state index < -0.39 is 11.9 Å². The maximum atomic E-state index is 11.8. The van der Waals surface area contributed by atoms with Crippen LogP contribution in [0.1, 0.15) is 12.1 Å². The van der Waals surface area contributed by atoms with Crippen LogP contribution in [0.25, 0.3) is 0 Å². The number of amides is 2. The molecule has 2 atom stereocenters. The fraction of sp³-hybridized carbons (Fsp3) is 0.308. The summed E-state index contributed by atoms with van der Waals surface area (Å²) in [7, 11) is 0. The van der Waals surface area contributed by atoms with Crippen LogP contribution in [0.4, 0.5) is 10.5 Å². The lowest BCUT2D eigenvalue weighted by Crippen LogP contribution is -2.36. The molecule has 0 radical (unpaired) electrons. The van der Waals surface area contributed by atoms with Crippen molar-refractivity contribution >= 4 is 17.7 Å². The molecule has 6 nitrogen and oxygen atoms in total. The Hall–Kier alpha value is -2.37. The molecule has 0 aliphatic heterocycles. The molecule has 1 aromatic heterocycles. The zero-order chi connectivity index (χ0) is 13.8. The van der Waals surface area contributed by atoms with Gasteiger partial charge in [0.25, 0.3) is 0 Å². The summed E-state index contributed by atoms with van der Waals surface area (Å²) in [6, 6.07) is 2.88. The maximum Gasteiger partial charge on any atom is 0.319 e. The molecule has 0 saturated carbocycles. The quantitative estimate of drug-likeness (QED) is 0.720. The number of hydrogen-bond donors (Lipinski definition) is 3. The third-order valence-corrected chi connectivity index (χ3v) is 2.97. The van der Waals surface area contributed by atoms with Gasteiger partial charge in [0.2, 0.25) is 0 Å². The number of pyridine rings is 1. The van der Waals surface area contributed by atoms with Crippen molar-refractivity contribution in [3.8, 4) is 0 Å². The highest BCUT2D eigenvalue weighted by molar-refractivity contribution is 5.90. The smallest absolute Gasteiger partial charge is 0.319 e. The minimum absolute atomic E-state index is 0.252. The van der Waals surface area contributed by atoms with Crippen LogP contribution >= 0.6 is 0 Å². The molecule has 0 aromatic carbocycles. The number of nitrogens with one attached hydrogen (secondary N) is 2. The van der Waals surface area contributed by atoms with Crippen molar-refractivity contribution in [3.63, 3.8) is 0 Å². The predicted octanol–water partition coefficient (Wildman–Crippen LogP) is 1.54. The number of aromatic nitrogens is 1. The predicted molar refractivity (Wildman–Crippen MR) is 69.8 cm³/mol. The topological polar surface area (TPSA) is 91.3 Å². The summed E-state index contributed by atoms with van der Waals surface area (Å²) >= 11 is 0. The summed E-state index contributed by atoms with van der Waals surface area (Å²) in [6.07, 6.45) is 5.33. The number of carboxylic acids is 1. The Morgan fingerprint density at radius 3 is 2.84 bits per heavy atom. The Kier molecular flexibility index (Phi) is 3.79. The number of urea groups is 1. The molecule has 3 N–H and O–H groups in total. The van der Waals surface area contributed by atoms with E-state index in [4.69, 9.17) is 5.11 Å². The fourth-order valence-electron chi connectivity index (χ4n) is 1.93. The minimum atomic E-state index is -0.871. The lowest BCUT2D eigenvalue weighted by molar-refractivity contribution is -0.140. The van der Waals surface area contributed by atoms with Crippen LogP contribution in [-0.4, -0.2) is 28.1 Å². The van der Waals surface area contributed by atoms with Gasteiger partial charge >= 0.3 is 12.0 Å². The maximum absolute atomic E-state index is 11.8. The largest absolute Gasteiger partial charge is 0.481 e. The number of nitrogens with zero attached hydrogens (tertiary/aromatic N) is 1. The molecule has 19 heavy (non-hydrogen) atoms. The Labute approximate surface area is 110 Å². The Morgan fingerprint density at radius 1 is 1.42 bits per heavy atom. The van der Waals surface area contributed by atoms with E-state index in [1.807, 2.05) is 0 Å². The summed E-state index contributed by atoms with van der Waals surface area (Å²) in [4.78, 5) is 26.6. The second-order valence-electron chi connectivity index (χ2n) is 4.41. The first-order chi connectivity index (χ1) is 9.06. The molecular weight excluding hydrogens is 246 g/mol. The van der Waals surface area contributed by atoms with E-state index in [1.165, 1.54) is 0 Å². The lowest BCUT2D eigenvalue weighted by Gasteiger charge is -2.13. The highest BCUT2D eigenvalue weighted by atomic mass is 16.4. The number of hydrogen-bond acceptors (Lipinski definition) is 3. The van der Waals surface area contributed by atoms with Gasteiger partial charge in [-0.2, -0.15) is 0 Å². The highest BCUT2D eigenvalue weighted by Crippen LogP contribution is 2.18. The molecule has 1 aromatic rings. The van der Waals surface area contributed by atoms with Crippen LogP contribution in [0.2, 0.25) is 0 Å². The summed E-state index contributed by atoms with van der Waals surface area (Å²) in [5.74, 6) is -1.39. The van der Waals surface area contributed by atoms with E-state index in [0.29, 0.717) is 12.1 Å². The normalized spacial score (nSPS) is 21.1. The number of carboxylic acid groups (broad SMARTS) is 1. The Balaban J connectivity index is 1.88. The molecule has 100 valence electrons. The van der Waals surface area contributed by atoms with Crippen molar-refractivity contribution in [1.29, 1.82) is 0 Å². The molecule has 0 bridgehead atoms. The van der Waals surface area contributed by atoms with Crippen LogP contribution in [0.15, 0.2) is 30.5 Å². The number of aliphatic carboxylic acids is 1. The fourth-order valence-corrected chi connectivity index (χ4v) is 1.93. The van der Waals surface area contributed by atoms with Gasteiger partial charge in [0.1, 0.15) is 0 Å². The third kappa shape index (κ3) is 3.31. The van der Waals surface area contributed by atoms with Crippen molar-refractivity contribution in [3.05, 3.63) is 36.2 Å². The average molecular weight is 261 g/mol. The first-order valence-electron chi connectivity index (χ1n) is 5.96. The van der Waals surface area contributed by atoms with E-state index in [2.05, 4.69) is 15.6 Å². The number of carbonyl (C=O) groups is 2. The van der Waals surface area contributed by atoms with Crippen molar-refractivity contribution in [1.82, 2.24) is 10.3 Å². The van der Waals surface area contributed by atoms with Gasteiger partial charge in [-0.25, -0.2) is 4.79 Å².